The van der Waals surface area contributed by atoms with Gasteiger partial charge in [0.2, 0.25) is 0 Å². The molecule has 1 aliphatic carbocycles. The van der Waals surface area contributed by atoms with E-state index in [1.54, 1.807) is 7.11 Å². The number of nitriles is 1. The van der Waals surface area contributed by atoms with Crippen molar-refractivity contribution in [3.63, 3.8) is 0 Å². The van der Waals surface area contributed by atoms with Gasteiger partial charge in [-0.2, -0.15) is 5.26 Å². The molecule has 1 saturated carbocycles. The highest BCUT2D eigenvalue weighted by molar-refractivity contribution is 5.85. The van der Waals surface area contributed by atoms with Crippen LogP contribution in [0.2, 0.25) is 0 Å². The molecule has 1 aliphatic heterocycles. The number of fused-ring (bicyclic) bond motifs is 1. The monoisotopic (exact) mass is 321 g/mol. The highest BCUT2D eigenvalue weighted by Gasteiger charge is 2.38. The summed E-state index contributed by atoms with van der Waals surface area (Å²) in [6.07, 6.45) is 3.78. The molecule has 0 spiro atoms. The summed E-state index contributed by atoms with van der Waals surface area (Å²) in [7, 11) is 1.61. The summed E-state index contributed by atoms with van der Waals surface area (Å²) in [5.41, 5.74) is 8.08. The van der Waals surface area contributed by atoms with Gasteiger partial charge in [0, 0.05) is 25.7 Å². The number of hydrogen-bond donors (Lipinski definition) is 1. The van der Waals surface area contributed by atoms with Crippen molar-refractivity contribution in [2.45, 2.75) is 31.8 Å². The Kier molecular flexibility index (Phi) is 5.69. The lowest BCUT2D eigenvalue weighted by Crippen LogP contribution is -2.38. The van der Waals surface area contributed by atoms with Crippen LogP contribution in [0.3, 0.4) is 0 Å². The summed E-state index contributed by atoms with van der Waals surface area (Å²) in [6.45, 7) is 3.18. The molecule has 1 saturated heterocycles. The van der Waals surface area contributed by atoms with Gasteiger partial charge in [-0.15, -0.1) is 12.4 Å². The van der Waals surface area contributed by atoms with Crippen LogP contribution < -0.4 is 10.5 Å². The van der Waals surface area contributed by atoms with Gasteiger partial charge in [0.05, 0.1) is 12.7 Å². The largest absolute Gasteiger partial charge is 0.495 e. The molecule has 2 aliphatic rings. The highest BCUT2D eigenvalue weighted by Crippen LogP contribution is 2.36. The molecule has 1 heterocycles. The molecule has 22 heavy (non-hydrogen) atoms. The number of hydrogen-bond acceptors (Lipinski definition) is 4. The van der Waals surface area contributed by atoms with Crippen molar-refractivity contribution < 1.29 is 4.74 Å². The van der Waals surface area contributed by atoms with E-state index in [1.807, 2.05) is 18.2 Å². The van der Waals surface area contributed by atoms with Crippen LogP contribution in [0.1, 0.15) is 30.4 Å². The van der Waals surface area contributed by atoms with Crippen molar-refractivity contribution in [1.82, 2.24) is 4.90 Å². The van der Waals surface area contributed by atoms with Crippen molar-refractivity contribution in [3.05, 3.63) is 29.3 Å². The summed E-state index contributed by atoms with van der Waals surface area (Å²) in [5, 5.41) is 9.04. The van der Waals surface area contributed by atoms with Crippen molar-refractivity contribution in [3.8, 4) is 11.8 Å². The molecule has 0 bridgehead atoms. The predicted octanol–water partition coefficient (Wildman–Crippen LogP) is 2.55. The second-order valence-electron chi connectivity index (χ2n) is 6.36. The minimum absolute atomic E-state index is 0. The molecule has 0 radical (unpaired) electrons. The van der Waals surface area contributed by atoms with Crippen LogP contribution in [0.5, 0.6) is 5.75 Å². The topological polar surface area (TPSA) is 62.3 Å². The summed E-state index contributed by atoms with van der Waals surface area (Å²) < 4.78 is 5.29. The summed E-state index contributed by atoms with van der Waals surface area (Å²) in [5.74, 6) is 2.11. The molecule has 0 amide bonds. The number of likely N-dealkylation sites (tertiary alicyclic amines) is 1. The average Bonchev–Trinajstić information content (AvgIpc) is 2.91. The maximum absolute atomic E-state index is 9.04. The molecule has 5 heteroatoms. The fraction of sp³-hybridized carbons (Fsp3) is 0.588. The van der Waals surface area contributed by atoms with Crippen molar-refractivity contribution in [2.24, 2.45) is 17.6 Å². The maximum atomic E-state index is 9.04. The highest BCUT2D eigenvalue weighted by atomic mass is 35.5. The Morgan fingerprint density at radius 2 is 2.18 bits per heavy atom. The molecular formula is C17H24ClN3O. The Bertz CT molecular complexity index is 557. The Balaban J connectivity index is 0.00000176. The van der Waals surface area contributed by atoms with Gasteiger partial charge in [-0.1, -0.05) is 12.5 Å². The Morgan fingerprint density at radius 3 is 2.86 bits per heavy atom. The van der Waals surface area contributed by atoms with Gasteiger partial charge in [0.15, 0.2) is 0 Å². The number of nitrogens with zero attached hydrogens (tertiary/aromatic N) is 2. The molecule has 4 nitrogen and oxygen atoms in total. The number of ether oxygens (including phenoxy) is 1. The number of halogens is 1. The molecule has 1 aromatic carbocycles. The third kappa shape index (κ3) is 3.38. The van der Waals surface area contributed by atoms with Crippen LogP contribution in [0, 0.1) is 23.2 Å². The first-order valence-corrected chi connectivity index (χ1v) is 7.76. The van der Waals surface area contributed by atoms with E-state index in [1.165, 1.54) is 24.8 Å². The standard InChI is InChI=1S/C17H23N3O.ClH/c1-21-17-7-12(5-6-13(17)8-18)9-20-10-14-3-2-4-16(19)15(14)11-20;/h5-7,14-16H,2-4,9-11,19H2,1H3;1H. The van der Waals surface area contributed by atoms with E-state index in [9.17, 15) is 0 Å². The van der Waals surface area contributed by atoms with Gasteiger partial charge < -0.3 is 10.5 Å². The van der Waals surface area contributed by atoms with Gasteiger partial charge in [-0.3, -0.25) is 4.90 Å². The van der Waals surface area contributed by atoms with E-state index in [0.29, 0.717) is 23.3 Å². The lowest BCUT2D eigenvalue weighted by atomic mass is 9.78. The third-order valence-electron chi connectivity index (χ3n) is 5.02. The van der Waals surface area contributed by atoms with Crippen LogP contribution in [0.15, 0.2) is 18.2 Å². The number of methoxy groups -OCH3 is 1. The van der Waals surface area contributed by atoms with E-state index in [-0.39, 0.29) is 12.4 Å². The van der Waals surface area contributed by atoms with E-state index in [0.717, 1.165) is 25.6 Å². The van der Waals surface area contributed by atoms with Crippen LogP contribution in [0.4, 0.5) is 0 Å². The normalized spacial score (nSPS) is 27.6. The van der Waals surface area contributed by atoms with E-state index in [2.05, 4.69) is 11.0 Å². The molecule has 2 N–H and O–H groups in total. The zero-order valence-corrected chi connectivity index (χ0v) is 13.8. The Morgan fingerprint density at radius 1 is 1.36 bits per heavy atom. The van der Waals surface area contributed by atoms with Gasteiger partial charge in [0.25, 0.3) is 0 Å². The summed E-state index contributed by atoms with van der Waals surface area (Å²) in [4.78, 5) is 2.50. The van der Waals surface area contributed by atoms with Gasteiger partial charge in [0.1, 0.15) is 11.8 Å². The average molecular weight is 322 g/mol. The zero-order valence-electron chi connectivity index (χ0n) is 13.0. The molecule has 2 fully saturated rings. The Labute approximate surface area is 138 Å². The molecule has 3 unspecified atom stereocenters. The molecule has 3 rings (SSSR count). The number of nitrogens with two attached hydrogens (primary N) is 1. The first-order chi connectivity index (χ1) is 10.2. The molecule has 3 atom stereocenters. The first kappa shape index (κ1) is 17.1. The van der Waals surface area contributed by atoms with Crippen molar-refractivity contribution in [2.75, 3.05) is 20.2 Å². The SMILES string of the molecule is COc1cc(CN2CC3CCCC(N)C3C2)ccc1C#N.Cl. The van der Waals surface area contributed by atoms with Gasteiger partial charge >= 0.3 is 0 Å². The fourth-order valence-corrected chi connectivity index (χ4v) is 3.92. The second-order valence-corrected chi connectivity index (χ2v) is 6.36. The fourth-order valence-electron chi connectivity index (χ4n) is 3.92. The van der Waals surface area contributed by atoms with Gasteiger partial charge in [-0.05, 0) is 42.4 Å². The Hall–Kier alpha value is -1.28. The van der Waals surface area contributed by atoms with E-state index < -0.39 is 0 Å². The van der Waals surface area contributed by atoms with Gasteiger partial charge in [-0.25, -0.2) is 0 Å². The van der Waals surface area contributed by atoms with Crippen LogP contribution >= 0.6 is 12.4 Å². The first-order valence-electron chi connectivity index (χ1n) is 7.76. The minimum Gasteiger partial charge on any atom is -0.495 e. The lowest BCUT2D eigenvalue weighted by molar-refractivity contribution is 0.259. The van der Waals surface area contributed by atoms with Crippen molar-refractivity contribution in [1.29, 1.82) is 5.26 Å². The maximum Gasteiger partial charge on any atom is 0.136 e. The second kappa shape index (κ2) is 7.32. The lowest BCUT2D eigenvalue weighted by Gasteiger charge is -2.29. The number of benzene rings is 1. The van der Waals surface area contributed by atoms with Crippen LogP contribution in [-0.4, -0.2) is 31.1 Å². The van der Waals surface area contributed by atoms with Crippen molar-refractivity contribution >= 4 is 12.4 Å². The molecule has 0 aromatic heterocycles. The van der Waals surface area contributed by atoms with Crippen LogP contribution in [-0.2, 0) is 6.54 Å². The molecule has 1 aromatic rings. The third-order valence-corrected chi connectivity index (χ3v) is 5.02. The number of rotatable bonds is 3. The summed E-state index contributed by atoms with van der Waals surface area (Å²) >= 11 is 0. The van der Waals surface area contributed by atoms with E-state index in [4.69, 9.17) is 15.7 Å². The quantitative estimate of drug-likeness (QED) is 0.929. The zero-order chi connectivity index (χ0) is 14.8. The molecule has 120 valence electrons. The van der Waals surface area contributed by atoms with E-state index >= 15 is 0 Å². The summed E-state index contributed by atoms with van der Waals surface area (Å²) in [6, 6.07) is 8.41. The smallest absolute Gasteiger partial charge is 0.136 e. The van der Waals surface area contributed by atoms with Crippen LogP contribution in [0.25, 0.3) is 0 Å². The minimum atomic E-state index is 0. The molecular weight excluding hydrogens is 298 g/mol. The predicted molar refractivity (Wildman–Crippen MR) is 89.0 cm³/mol.